The molecule has 0 spiro atoms. The number of aliphatic carboxylic acids is 1. The quantitative estimate of drug-likeness (QED) is 0.273. The molecule has 3 aromatic carbocycles. The molecule has 1 aliphatic rings. The Kier molecular flexibility index (Phi) is 7.01. The summed E-state index contributed by atoms with van der Waals surface area (Å²) >= 11 is 7.83. The molecule has 0 amide bonds. The SMILES string of the molecule is Cc1cc2nc(N3CCC(c4ccccc4)C3)sc2c(-c2ccc(Cl)cc2)c1[C@H](OC(C)(C)C)C(=O)O. The summed E-state index contributed by atoms with van der Waals surface area (Å²) in [5.41, 5.74) is 4.85. The van der Waals surface area contributed by atoms with Crippen LogP contribution in [0.15, 0.2) is 60.7 Å². The Morgan fingerprint density at radius 2 is 1.86 bits per heavy atom. The molecule has 37 heavy (non-hydrogen) atoms. The Balaban J connectivity index is 1.64. The number of anilines is 1. The van der Waals surface area contributed by atoms with Crippen molar-refractivity contribution in [2.75, 3.05) is 18.0 Å². The molecule has 1 aliphatic heterocycles. The van der Waals surface area contributed by atoms with Crippen LogP contribution in [-0.4, -0.2) is 34.8 Å². The lowest BCUT2D eigenvalue weighted by Crippen LogP contribution is -2.28. The van der Waals surface area contributed by atoms with E-state index in [1.807, 2.05) is 58.0 Å². The number of halogens is 1. The maximum absolute atomic E-state index is 12.5. The molecule has 1 N–H and O–H groups in total. The highest BCUT2D eigenvalue weighted by atomic mass is 35.5. The average molecular weight is 535 g/mol. The van der Waals surface area contributed by atoms with Gasteiger partial charge in [0.05, 0.1) is 15.8 Å². The van der Waals surface area contributed by atoms with Crippen LogP contribution in [0.4, 0.5) is 5.13 Å². The van der Waals surface area contributed by atoms with E-state index in [1.54, 1.807) is 11.3 Å². The summed E-state index contributed by atoms with van der Waals surface area (Å²) in [5, 5.41) is 11.8. The first-order valence-electron chi connectivity index (χ1n) is 12.5. The number of ether oxygens (including phenoxy) is 1. The number of benzene rings is 3. The van der Waals surface area contributed by atoms with Crippen LogP contribution in [-0.2, 0) is 9.53 Å². The Morgan fingerprint density at radius 3 is 2.51 bits per heavy atom. The third-order valence-electron chi connectivity index (χ3n) is 6.74. The molecule has 2 atom stereocenters. The fraction of sp³-hybridized carbons (Fsp3) is 0.333. The predicted octanol–water partition coefficient (Wildman–Crippen LogP) is 7.86. The molecule has 5 rings (SSSR count). The van der Waals surface area contributed by atoms with Crippen molar-refractivity contribution in [3.05, 3.63) is 82.4 Å². The number of carboxylic acid groups (broad SMARTS) is 1. The number of rotatable bonds is 6. The number of nitrogens with zero attached hydrogens (tertiary/aromatic N) is 2. The smallest absolute Gasteiger partial charge is 0.337 e. The summed E-state index contributed by atoms with van der Waals surface area (Å²) in [7, 11) is 0. The van der Waals surface area contributed by atoms with Crippen molar-refractivity contribution < 1.29 is 14.6 Å². The number of carboxylic acids is 1. The van der Waals surface area contributed by atoms with Gasteiger partial charge in [0.2, 0.25) is 0 Å². The van der Waals surface area contributed by atoms with Crippen molar-refractivity contribution in [1.82, 2.24) is 4.98 Å². The van der Waals surface area contributed by atoms with E-state index in [1.165, 1.54) is 5.56 Å². The Morgan fingerprint density at radius 1 is 1.16 bits per heavy atom. The molecule has 7 heteroatoms. The number of aromatic nitrogens is 1. The zero-order valence-electron chi connectivity index (χ0n) is 21.5. The fourth-order valence-corrected chi connectivity index (χ4v) is 6.38. The Hall–Kier alpha value is -2.93. The summed E-state index contributed by atoms with van der Waals surface area (Å²) in [6, 6.07) is 20.2. The van der Waals surface area contributed by atoms with Gasteiger partial charge in [-0.3, -0.25) is 0 Å². The van der Waals surface area contributed by atoms with Gasteiger partial charge in [0.1, 0.15) is 0 Å². The second-order valence-electron chi connectivity index (χ2n) is 10.6. The summed E-state index contributed by atoms with van der Waals surface area (Å²) in [6.07, 6.45) is -0.0377. The Labute approximate surface area is 226 Å². The van der Waals surface area contributed by atoms with Crippen LogP contribution in [0.2, 0.25) is 5.02 Å². The molecule has 0 radical (unpaired) electrons. The second kappa shape index (κ2) is 10.1. The van der Waals surface area contributed by atoms with Crippen LogP contribution in [0.25, 0.3) is 21.3 Å². The molecule has 0 saturated carbocycles. The second-order valence-corrected chi connectivity index (χ2v) is 12.0. The maximum Gasteiger partial charge on any atom is 0.337 e. The summed E-state index contributed by atoms with van der Waals surface area (Å²) < 4.78 is 7.08. The standard InChI is InChI=1S/C30H31ClN2O3S/c1-18-16-23-27(37-29(32-23)33-15-14-21(17-33)19-8-6-5-7-9-19)25(20-10-12-22(31)13-11-20)24(18)26(28(34)35)36-30(2,3)4/h5-13,16,21,26H,14-15,17H2,1-4H3,(H,34,35)/t21?,26-/m0/s1. The molecule has 2 heterocycles. The van der Waals surface area contributed by atoms with Crippen LogP contribution >= 0.6 is 22.9 Å². The number of carbonyl (C=O) groups is 1. The van der Waals surface area contributed by atoms with E-state index in [0.29, 0.717) is 16.5 Å². The molecular weight excluding hydrogens is 504 g/mol. The molecule has 1 saturated heterocycles. The third-order valence-corrected chi connectivity index (χ3v) is 8.14. The molecule has 192 valence electrons. The minimum atomic E-state index is -1.12. The van der Waals surface area contributed by atoms with Crippen LogP contribution in [0.1, 0.15) is 55.9 Å². The van der Waals surface area contributed by atoms with Gasteiger partial charge < -0.3 is 14.7 Å². The molecule has 1 aromatic heterocycles. The van der Waals surface area contributed by atoms with Gasteiger partial charge in [-0.1, -0.05) is 65.4 Å². The van der Waals surface area contributed by atoms with Crippen molar-refractivity contribution in [3.63, 3.8) is 0 Å². The van der Waals surface area contributed by atoms with Crippen molar-refractivity contribution in [3.8, 4) is 11.1 Å². The first-order valence-corrected chi connectivity index (χ1v) is 13.7. The van der Waals surface area contributed by atoms with Gasteiger partial charge in [-0.25, -0.2) is 9.78 Å². The van der Waals surface area contributed by atoms with Crippen LogP contribution in [0, 0.1) is 6.92 Å². The molecule has 1 fully saturated rings. The van der Waals surface area contributed by atoms with Gasteiger partial charge in [-0.05, 0) is 69.0 Å². The van der Waals surface area contributed by atoms with Crippen molar-refractivity contribution in [2.24, 2.45) is 0 Å². The lowest BCUT2D eigenvalue weighted by Gasteiger charge is -2.28. The molecule has 5 nitrogen and oxygen atoms in total. The van der Waals surface area contributed by atoms with Crippen LogP contribution in [0.5, 0.6) is 0 Å². The summed E-state index contributed by atoms with van der Waals surface area (Å²) in [6.45, 7) is 9.42. The zero-order valence-corrected chi connectivity index (χ0v) is 23.1. The van der Waals surface area contributed by atoms with Crippen molar-refractivity contribution >= 4 is 44.3 Å². The summed E-state index contributed by atoms with van der Waals surface area (Å²) in [4.78, 5) is 19.9. The van der Waals surface area contributed by atoms with Gasteiger partial charge in [0.25, 0.3) is 0 Å². The third kappa shape index (κ3) is 5.37. The minimum absolute atomic E-state index is 0.470. The van der Waals surface area contributed by atoms with E-state index in [9.17, 15) is 9.90 Å². The van der Waals surface area contributed by atoms with Gasteiger partial charge in [0, 0.05) is 35.2 Å². The highest BCUT2D eigenvalue weighted by molar-refractivity contribution is 7.22. The van der Waals surface area contributed by atoms with Gasteiger partial charge in [0.15, 0.2) is 11.2 Å². The molecule has 0 aliphatic carbocycles. The van der Waals surface area contributed by atoms with Crippen LogP contribution in [0.3, 0.4) is 0 Å². The number of aryl methyl sites for hydroxylation is 1. The lowest BCUT2D eigenvalue weighted by molar-refractivity contribution is -0.160. The molecular formula is C30H31ClN2O3S. The van der Waals surface area contributed by atoms with Gasteiger partial charge >= 0.3 is 5.97 Å². The lowest BCUT2D eigenvalue weighted by atomic mass is 9.91. The monoisotopic (exact) mass is 534 g/mol. The van der Waals surface area contributed by atoms with Crippen molar-refractivity contribution in [2.45, 2.75) is 51.7 Å². The van der Waals surface area contributed by atoms with E-state index in [2.05, 4.69) is 35.2 Å². The fourth-order valence-electron chi connectivity index (χ4n) is 5.09. The first-order chi connectivity index (χ1) is 17.6. The largest absolute Gasteiger partial charge is 0.479 e. The maximum atomic E-state index is 12.5. The van der Waals surface area contributed by atoms with Gasteiger partial charge in [-0.15, -0.1) is 0 Å². The summed E-state index contributed by atoms with van der Waals surface area (Å²) in [5.74, 6) is -0.541. The number of hydrogen-bond acceptors (Lipinski definition) is 5. The molecule has 4 aromatic rings. The van der Waals surface area contributed by atoms with Crippen LogP contribution < -0.4 is 4.90 Å². The minimum Gasteiger partial charge on any atom is -0.479 e. The van der Waals surface area contributed by atoms with Gasteiger partial charge in [-0.2, -0.15) is 0 Å². The predicted molar refractivity (Wildman–Crippen MR) is 152 cm³/mol. The number of thiazole rings is 1. The van der Waals surface area contributed by atoms with E-state index in [4.69, 9.17) is 21.3 Å². The van der Waals surface area contributed by atoms with Crippen molar-refractivity contribution in [1.29, 1.82) is 0 Å². The highest BCUT2D eigenvalue weighted by Gasteiger charge is 2.33. The number of hydrogen-bond donors (Lipinski definition) is 1. The average Bonchev–Trinajstić information content (AvgIpc) is 3.50. The zero-order chi connectivity index (χ0) is 26.3. The normalized spacial score (nSPS) is 16.9. The Bertz CT molecular complexity index is 1430. The molecule has 0 bridgehead atoms. The van der Waals surface area contributed by atoms with E-state index in [-0.39, 0.29) is 0 Å². The van der Waals surface area contributed by atoms with E-state index < -0.39 is 17.7 Å². The highest BCUT2D eigenvalue weighted by Crippen LogP contribution is 2.45. The van der Waals surface area contributed by atoms with E-state index >= 15 is 0 Å². The molecule has 1 unspecified atom stereocenters. The number of fused-ring (bicyclic) bond motifs is 1. The topological polar surface area (TPSA) is 62.7 Å². The first kappa shape index (κ1) is 25.7. The van der Waals surface area contributed by atoms with E-state index in [0.717, 1.165) is 51.5 Å².